The first-order valence-electron chi connectivity index (χ1n) is 8.54. The van der Waals surface area contributed by atoms with E-state index in [4.69, 9.17) is 9.15 Å². The monoisotopic (exact) mass is 385 g/mol. The first kappa shape index (κ1) is 19.3. The molecule has 0 bridgehead atoms. The smallest absolute Gasteiger partial charge is 0.374 e. The van der Waals surface area contributed by atoms with E-state index in [1.165, 1.54) is 6.07 Å². The maximum Gasteiger partial charge on any atom is 0.374 e. The Morgan fingerprint density at radius 3 is 2.32 bits per heavy atom. The Hall–Kier alpha value is -3.48. The van der Waals surface area contributed by atoms with Crippen molar-refractivity contribution in [2.45, 2.75) is 13.8 Å². The summed E-state index contributed by atoms with van der Waals surface area (Å²) in [6.07, 6.45) is 0. The fourth-order valence-electron chi connectivity index (χ4n) is 2.71. The Labute approximate surface area is 159 Å². The van der Waals surface area contributed by atoms with Gasteiger partial charge in [0.05, 0.1) is 6.61 Å². The molecule has 0 fully saturated rings. The van der Waals surface area contributed by atoms with Gasteiger partial charge in [-0.2, -0.15) is 0 Å². The lowest BCUT2D eigenvalue weighted by molar-refractivity contribution is 0.0488. The third-order valence-corrected chi connectivity index (χ3v) is 4.04. The number of benzene rings is 2. The molecule has 1 amide bonds. The molecule has 2 aromatic carbocycles. The number of furan rings is 1. The number of carbonyl (C=O) groups is 2. The zero-order valence-electron chi connectivity index (χ0n) is 15.2. The minimum atomic E-state index is -0.936. The van der Waals surface area contributed by atoms with Gasteiger partial charge in [0.25, 0.3) is 5.91 Å². The van der Waals surface area contributed by atoms with Crippen molar-refractivity contribution in [2.24, 2.45) is 0 Å². The SMILES string of the molecule is CCOC(=O)c1cc(-c2ccc(NC(=O)c3c(F)cccc3F)cc2)c(C)o1. The van der Waals surface area contributed by atoms with Gasteiger partial charge < -0.3 is 14.5 Å². The quantitative estimate of drug-likeness (QED) is 0.630. The van der Waals surface area contributed by atoms with Gasteiger partial charge in [-0.25, -0.2) is 13.6 Å². The van der Waals surface area contributed by atoms with Gasteiger partial charge in [0.2, 0.25) is 5.76 Å². The summed E-state index contributed by atoms with van der Waals surface area (Å²) in [4.78, 5) is 23.9. The molecule has 0 saturated carbocycles. The Morgan fingerprint density at radius 1 is 1.07 bits per heavy atom. The summed E-state index contributed by atoms with van der Waals surface area (Å²) in [6.45, 7) is 3.66. The first-order chi connectivity index (χ1) is 13.4. The van der Waals surface area contributed by atoms with E-state index < -0.39 is 29.1 Å². The maximum absolute atomic E-state index is 13.7. The van der Waals surface area contributed by atoms with Crippen molar-refractivity contribution in [1.29, 1.82) is 0 Å². The number of ether oxygens (including phenoxy) is 1. The zero-order valence-corrected chi connectivity index (χ0v) is 15.2. The summed E-state index contributed by atoms with van der Waals surface area (Å²) < 4.78 is 37.8. The number of amides is 1. The highest BCUT2D eigenvalue weighted by atomic mass is 19.1. The van der Waals surface area contributed by atoms with Crippen LogP contribution in [0.5, 0.6) is 0 Å². The predicted octanol–water partition coefficient (Wildman–Crippen LogP) is 4.96. The fraction of sp³-hybridized carbons (Fsp3) is 0.143. The number of carbonyl (C=O) groups excluding carboxylic acids is 2. The molecule has 3 aromatic rings. The van der Waals surface area contributed by atoms with Crippen molar-refractivity contribution >= 4 is 17.6 Å². The van der Waals surface area contributed by atoms with E-state index in [2.05, 4.69) is 5.32 Å². The van der Waals surface area contributed by atoms with Crippen molar-refractivity contribution < 1.29 is 27.5 Å². The van der Waals surface area contributed by atoms with E-state index in [0.29, 0.717) is 17.0 Å². The Morgan fingerprint density at radius 2 is 1.71 bits per heavy atom. The molecule has 1 N–H and O–H groups in total. The van der Waals surface area contributed by atoms with Crippen molar-refractivity contribution in [3.63, 3.8) is 0 Å². The van der Waals surface area contributed by atoms with Crippen molar-refractivity contribution in [2.75, 3.05) is 11.9 Å². The van der Waals surface area contributed by atoms with Gasteiger partial charge in [-0.3, -0.25) is 4.79 Å². The molecule has 28 heavy (non-hydrogen) atoms. The molecule has 5 nitrogen and oxygen atoms in total. The molecule has 0 atom stereocenters. The summed E-state index contributed by atoms with van der Waals surface area (Å²) in [7, 11) is 0. The number of rotatable bonds is 5. The molecule has 3 rings (SSSR count). The molecule has 1 heterocycles. The maximum atomic E-state index is 13.7. The van der Waals surface area contributed by atoms with Crippen LogP contribution in [-0.2, 0) is 4.74 Å². The number of hydrogen-bond acceptors (Lipinski definition) is 4. The molecular weight excluding hydrogens is 368 g/mol. The normalized spacial score (nSPS) is 10.6. The van der Waals surface area contributed by atoms with E-state index in [1.54, 1.807) is 44.2 Å². The van der Waals surface area contributed by atoms with E-state index in [1.807, 2.05) is 0 Å². The number of nitrogens with one attached hydrogen (secondary N) is 1. The van der Waals surface area contributed by atoms with Gasteiger partial charge in [-0.1, -0.05) is 18.2 Å². The Kier molecular flexibility index (Phi) is 5.54. The number of hydrogen-bond donors (Lipinski definition) is 1. The summed E-state index contributed by atoms with van der Waals surface area (Å²) in [5.74, 6) is -2.67. The van der Waals surface area contributed by atoms with Crippen LogP contribution in [0.1, 0.15) is 33.6 Å². The minimum Gasteiger partial charge on any atom is -0.460 e. The molecule has 0 aliphatic heterocycles. The fourth-order valence-corrected chi connectivity index (χ4v) is 2.71. The van der Waals surface area contributed by atoms with Crippen LogP contribution in [0.2, 0.25) is 0 Å². The van der Waals surface area contributed by atoms with Crippen LogP contribution >= 0.6 is 0 Å². The van der Waals surface area contributed by atoms with Gasteiger partial charge in [-0.15, -0.1) is 0 Å². The molecule has 0 unspecified atom stereocenters. The lowest BCUT2D eigenvalue weighted by atomic mass is 10.1. The second-order valence-corrected chi connectivity index (χ2v) is 5.93. The second-order valence-electron chi connectivity index (χ2n) is 5.93. The highest BCUT2D eigenvalue weighted by Gasteiger charge is 2.18. The average molecular weight is 385 g/mol. The van der Waals surface area contributed by atoms with Crippen molar-refractivity contribution in [3.05, 3.63) is 77.2 Å². The van der Waals surface area contributed by atoms with Crippen molar-refractivity contribution in [1.82, 2.24) is 0 Å². The predicted molar refractivity (Wildman–Crippen MR) is 99.1 cm³/mol. The van der Waals surface area contributed by atoms with Gasteiger partial charge in [0.1, 0.15) is 23.0 Å². The van der Waals surface area contributed by atoms with Crippen molar-refractivity contribution in [3.8, 4) is 11.1 Å². The van der Waals surface area contributed by atoms with Crippen LogP contribution in [0.3, 0.4) is 0 Å². The topological polar surface area (TPSA) is 68.5 Å². The van der Waals surface area contributed by atoms with Crippen LogP contribution in [-0.4, -0.2) is 18.5 Å². The Balaban J connectivity index is 1.79. The van der Waals surface area contributed by atoms with Gasteiger partial charge in [0.15, 0.2) is 0 Å². The molecule has 144 valence electrons. The number of aryl methyl sites for hydroxylation is 1. The highest BCUT2D eigenvalue weighted by Crippen LogP contribution is 2.28. The molecule has 0 saturated heterocycles. The molecule has 0 aliphatic rings. The molecule has 7 heteroatoms. The third kappa shape index (κ3) is 3.93. The number of anilines is 1. The van der Waals surface area contributed by atoms with Gasteiger partial charge in [-0.05, 0) is 49.7 Å². The average Bonchev–Trinajstić information content (AvgIpc) is 3.04. The van der Waals surface area contributed by atoms with E-state index >= 15 is 0 Å². The summed E-state index contributed by atoms with van der Waals surface area (Å²) in [6, 6.07) is 11.4. The second kappa shape index (κ2) is 8.04. The largest absolute Gasteiger partial charge is 0.460 e. The Bertz CT molecular complexity index is 1010. The molecular formula is C21H17F2NO4. The van der Waals surface area contributed by atoms with Crippen LogP contribution in [0.15, 0.2) is 52.9 Å². The van der Waals surface area contributed by atoms with E-state index in [0.717, 1.165) is 17.7 Å². The van der Waals surface area contributed by atoms with E-state index in [9.17, 15) is 18.4 Å². The molecule has 0 aliphatic carbocycles. The third-order valence-electron chi connectivity index (χ3n) is 4.04. The molecule has 1 aromatic heterocycles. The summed E-state index contributed by atoms with van der Waals surface area (Å²) in [5, 5.41) is 2.46. The minimum absolute atomic E-state index is 0.0988. The standard InChI is InChI=1S/C21H17F2NO4/c1-3-27-21(26)18-11-15(12(2)28-18)13-7-9-14(10-8-13)24-20(25)19-16(22)5-4-6-17(19)23/h4-11H,3H2,1-2H3,(H,24,25). The first-order valence-corrected chi connectivity index (χ1v) is 8.54. The van der Waals surface area contributed by atoms with E-state index in [-0.39, 0.29) is 12.4 Å². The van der Waals surface area contributed by atoms with Gasteiger partial charge >= 0.3 is 5.97 Å². The summed E-state index contributed by atoms with van der Waals surface area (Å²) in [5.41, 5.74) is 1.16. The van der Waals surface area contributed by atoms with Crippen LogP contribution in [0, 0.1) is 18.6 Å². The molecule has 0 radical (unpaired) electrons. The number of halogens is 2. The van der Waals surface area contributed by atoms with Crippen LogP contribution in [0.4, 0.5) is 14.5 Å². The van der Waals surface area contributed by atoms with Gasteiger partial charge in [0, 0.05) is 11.3 Å². The van der Waals surface area contributed by atoms with Crippen LogP contribution < -0.4 is 5.32 Å². The number of esters is 1. The lowest BCUT2D eigenvalue weighted by Gasteiger charge is -2.08. The van der Waals surface area contributed by atoms with Crippen LogP contribution in [0.25, 0.3) is 11.1 Å². The lowest BCUT2D eigenvalue weighted by Crippen LogP contribution is -2.15. The zero-order chi connectivity index (χ0) is 20.3. The summed E-state index contributed by atoms with van der Waals surface area (Å²) >= 11 is 0. The molecule has 0 spiro atoms. The highest BCUT2D eigenvalue weighted by molar-refractivity contribution is 6.04.